The maximum absolute atomic E-state index is 6.09. The number of benzene rings is 3. The van der Waals surface area contributed by atoms with E-state index < -0.39 is 0 Å². The zero-order valence-electron chi connectivity index (χ0n) is 20.2. The summed E-state index contributed by atoms with van der Waals surface area (Å²) in [5.74, 6) is 2.38. The molecule has 1 atom stereocenters. The molecule has 2 heterocycles. The molecule has 0 aliphatic carbocycles. The highest BCUT2D eigenvalue weighted by atomic mass is 16.5. The first kappa shape index (κ1) is 22.6. The molecule has 35 heavy (non-hydrogen) atoms. The second kappa shape index (κ2) is 9.97. The summed E-state index contributed by atoms with van der Waals surface area (Å²) in [6.07, 6.45) is 0.673. The van der Waals surface area contributed by atoms with E-state index in [2.05, 4.69) is 29.1 Å². The summed E-state index contributed by atoms with van der Waals surface area (Å²) in [7, 11) is 0. The molecule has 0 saturated heterocycles. The van der Waals surface area contributed by atoms with Gasteiger partial charge in [-0.1, -0.05) is 55.5 Å². The Bertz CT molecular complexity index is 1410. The maximum atomic E-state index is 6.09. The van der Waals surface area contributed by atoms with Crippen LogP contribution < -0.4 is 4.74 Å². The van der Waals surface area contributed by atoms with E-state index in [1.807, 2.05) is 86.6 Å². The van der Waals surface area contributed by atoms with Crippen LogP contribution in [0, 0.1) is 13.8 Å². The number of aromatic nitrogens is 4. The number of hydrogen-bond donors (Lipinski definition) is 0. The van der Waals surface area contributed by atoms with Gasteiger partial charge in [-0.15, -0.1) is 0 Å². The molecule has 0 aliphatic heterocycles. The highest BCUT2D eigenvalue weighted by molar-refractivity contribution is 5.53. The minimum Gasteiger partial charge on any atom is -0.493 e. The molecule has 0 aliphatic rings. The van der Waals surface area contributed by atoms with Crippen molar-refractivity contribution >= 4 is 0 Å². The lowest BCUT2D eigenvalue weighted by Crippen LogP contribution is -2.04. The minimum atomic E-state index is 0.0854. The molecule has 0 spiro atoms. The van der Waals surface area contributed by atoms with Crippen molar-refractivity contribution in [2.45, 2.75) is 33.1 Å². The van der Waals surface area contributed by atoms with Crippen molar-refractivity contribution in [3.05, 3.63) is 113 Å². The SMILES string of the molecule is Cc1nn(-c2ccccc2)nc1C(C)c1cccc(OCCc2nc(-c3ccccc3)oc2C)c1. The number of ether oxygens (including phenoxy) is 1. The average Bonchev–Trinajstić information content (AvgIpc) is 3.47. The molecular weight excluding hydrogens is 436 g/mol. The Morgan fingerprint density at radius 1 is 0.886 bits per heavy atom. The van der Waals surface area contributed by atoms with Crippen LogP contribution in [0.15, 0.2) is 89.3 Å². The Morgan fingerprint density at radius 3 is 2.40 bits per heavy atom. The van der Waals surface area contributed by atoms with Gasteiger partial charge in [0.05, 0.1) is 29.4 Å². The van der Waals surface area contributed by atoms with E-state index in [1.54, 1.807) is 4.80 Å². The molecule has 3 aromatic carbocycles. The van der Waals surface area contributed by atoms with Crippen LogP contribution in [0.3, 0.4) is 0 Å². The van der Waals surface area contributed by atoms with Gasteiger partial charge < -0.3 is 9.15 Å². The summed E-state index contributed by atoms with van der Waals surface area (Å²) in [4.78, 5) is 6.37. The van der Waals surface area contributed by atoms with Crippen LogP contribution in [0.1, 0.15) is 41.2 Å². The third-order valence-corrected chi connectivity index (χ3v) is 6.09. The number of oxazole rings is 1. The molecule has 0 bridgehead atoms. The molecule has 1 unspecified atom stereocenters. The van der Waals surface area contributed by atoms with Crippen molar-refractivity contribution in [2.24, 2.45) is 0 Å². The fraction of sp³-hybridized carbons (Fsp3) is 0.207. The maximum Gasteiger partial charge on any atom is 0.226 e. The predicted molar refractivity (Wildman–Crippen MR) is 136 cm³/mol. The fourth-order valence-corrected chi connectivity index (χ4v) is 4.13. The van der Waals surface area contributed by atoms with Crippen molar-refractivity contribution in [1.82, 2.24) is 20.0 Å². The Hall–Kier alpha value is -4.19. The highest BCUT2D eigenvalue weighted by Crippen LogP contribution is 2.28. The first-order valence-electron chi connectivity index (χ1n) is 11.8. The number of nitrogens with zero attached hydrogens (tertiary/aromatic N) is 4. The Balaban J connectivity index is 1.25. The van der Waals surface area contributed by atoms with Gasteiger partial charge in [0.2, 0.25) is 5.89 Å². The van der Waals surface area contributed by atoms with Crippen LogP contribution in [0.2, 0.25) is 0 Å². The predicted octanol–water partition coefficient (Wildman–Crippen LogP) is 6.31. The number of aryl methyl sites for hydroxylation is 2. The van der Waals surface area contributed by atoms with Crippen LogP contribution in [0.5, 0.6) is 5.75 Å². The standard InChI is InChI=1S/C29H28N4O2/c1-20(28-21(2)31-33(32-28)25-14-8-5-9-15-25)24-13-10-16-26(19-24)34-18-17-27-22(3)35-29(30-27)23-11-6-4-7-12-23/h4-16,19-20H,17-18H2,1-3H3. The molecule has 2 aromatic heterocycles. The van der Waals surface area contributed by atoms with Crippen LogP contribution >= 0.6 is 0 Å². The van der Waals surface area contributed by atoms with E-state index in [1.165, 1.54) is 0 Å². The quantitative estimate of drug-likeness (QED) is 0.269. The van der Waals surface area contributed by atoms with Gasteiger partial charge in [-0.25, -0.2) is 4.98 Å². The molecule has 0 saturated carbocycles. The number of rotatable bonds is 8. The van der Waals surface area contributed by atoms with Gasteiger partial charge in [0.25, 0.3) is 0 Å². The van der Waals surface area contributed by atoms with Crippen molar-refractivity contribution < 1.29 is 9.15 Å². The van der Waals surface area contributed by atoms with Crippen molar-refractivity contribution in [3.8, 4) is 22.9 Å². The first-order chi connectivity index (χ1) is 17.1. The van der Waals surface area contributed by atoms with E-state index in [-0.39, 0.29) is 5.92 Å². The normalized spacial score (nSPS) is 12.0. The van der Waals surface area contributed by atoms with Gasteiger partial charge in [0, 0.05) is 17.9 Å². The Labute approximate surface area is 205 Å². The number of para-hydroxylation sites is 1. The molecular formula is C29H28N4O2. The topological polar surface area (TPSA) is 66.0 Å². The third kappa shape index (κ3) is 5.01. The number of hydrogen-bond acceptors (Lipinski definition) is 5. The second-order valence-corrected chi connectivity index (χ2v) is 8.58. The van der Waals surface area contributed by atoms with E-state index in [0.717, 1.165) is 45.4 Å². The summed E-state index contributed by atoms with van der Waals surface area (Å²) < 4.78 is 12.0. The summed E-state index contributed by atoms with van der Waals surface area (Å²) in [6.45, 7) is 6.61. The molecule has 6 heteroatoms. The van der Waals surface area contributed by atoms with Crippen LogP contribution in [-0.4, -0.2) is 26.6 Å². The van der Waals surface area contributed by atoms with Gasteiger partial charge in [-0.05, 0) is 55.8 Å². The van der Waals surface area contributed by atoms with Crippen LogP contribution in [0.4, 0.5) is 0 Å². The van der Waals surface area contributed by atoms with E-state index >= 15 is 0 Å². The third-order valence-electron chi connectivity index (χ3n) is 6.09. The van der Waals surface area contributed by atoms with Crippen molar-refractivity contribution in [2.75, 3.05) is 6.61 Å². The zero-order chi connectivity index (χ0) is 24.2. The van der Waals surface area contributed by atoms with E-state index in [0.29, 0.717) is 18.9 Å². The summed E-state index contributed by atoms with van der Waals surface area (Å²) in [5, 5.41) is 9.39. The minimum absolute atomic E-state index is 0.0854. The van der Waals surface area contributed by atoms with Gasteiger partial charge in [-0.2, -0.15) is 15.0 Å². The zero-order valence-corrected chi connectivity index (χ0v) is 20.2. The van der Waals surface area contributed by atoms with Gasteiger partial charge >= 0.3 is 0 Å². The van der Waals surface area contributed by atoms with Crippen molar-refractivity contribution in [1.29, 1.82) is 0 Å². The fourth-order valence-electron chi connectivity index (χ4n) is 4.13. The molecule has 0 N–H and O–H groups in total. The molecule has 0 fully saturated rings. The van der Waals surface area contributed by atoms with Gasteiger partial charge in [0.1, 0.15) is 11.5 Å². The lowest BCUT2D eigenvalue weighted by atomic mass is 9.96. The summed E-state index contributed by atoms with van der Waals surface area (Å²) >= 11 is 0. The smallest absolute Gasteiger partial charge is 0.226 e. The second-order valence-electron chi connectivity index (χ2n) is 8.58. The molecule has 0 amide bonds. The Morgan fingerprint density at radius 2 is 1.63 bits per heavy atom. The molecule has 6 nitrogen and oxygen atoms in total. The molecule has 5 rings (SSSR count). The van der Waals surface area contributed by atoms with Crippen LogP contribution in [-0.2, 0) is 6.42 Å². The molecule has 0 radical (unpaired) electrons. The average molecular weight is 465 g/mol. The molecule has 5 aromatic rings. The van der Waals surface area contributed by atoms with E-state index in [4.69, 9.17) is 14.3 Å². The lowest BCUT2D eigenvalue weighted by Gasteiger charge is -2.12. The summed E-state index contributed by atoms with van der Waals surface area (Å²) in [5.41, 5.74) is 5.85. The monoisotopic (exact) mass is 464 g/mol. The lowest BCUT2D eigenvalue weighted by molar-refractivity contribution is 0.319. The first-order valence-corrected chi connectivity index (χ1v) is 11.8. The summed E-state index contributed by atoms with van der Waals surface area (Å²) in [6, 6.07) is 28.1. The van der Waals surface area contributed by atoms with Gasteiger partial charge in [-0.3, -0.25) is 0 Å². The van der Waals surface area contributed by atoms with Crippen molar-refractivity contribution in [3.63, 3.8) is 0 Å². The van der Waals surface area contributed by atoms with Gasteiger partial charge in [0.15, 0.2) is 0 Å². The van der Waals surface area contributed by atoms with E-state index in [9.17, 15) is 0 Å². The molecule has 176 valence electrons. The largest absolute Gasteiger partial charge is 0.493 e. The highest BCUT2D eigenvalue weighted by Gasteiger charge is 2.18. The Kier molecular flexibility index (Phi) is 6.44. The van der Waals surface area contributed by atoms with Crippen LogP contribution in [0.25, 0.3) is 17.1 Å².